The minimum Gasteiger partial charge on any atom is -0.336 e. The third kappa shape index (κ3) is 2.36. The minimum absolute atomic E-state index is 0.00700. The smallest absolute Gasteiger partial charge is 0.236 e. The Labute approximate surface area is 101 Å². The van der Waals surface area contributed by atoms with Crippen molar-refractivity contribution in [2.24, 2.45) is 0 Å². The second kappa shape index (κ2) is 4.57. The van der Waals surface area contributed by atoms with Gasteiger partial charge in [-0.1, -0.05) is 20.4 Å². The molecule has 0 aliphatic carbocycles. The maximum absolute atomic E-state index is 11.8. The number of likely N-dealkylation sites (tertiary alicyclic amines) is 1. The molecule has 1 amide bonds. The van der Waals surface area contributed by atoms with Gasteiger partial charge in [0.2, 0.25) is 5.91 Å². The van der Waals surface area contributed by atoms with E-state index in [9.17, 15) is 4.79 Å². The maximum atomic E-state index is 11.8. The van der Waals surface area contributed by atoms with E-state index in [1.807, 2.05) is 11.8 Å². The van der Waals surface area contributed by atoms with Crippen LogP contribution in [0.25, 0.3) is 0 Å². The topological polar surface area (TPSA) is 46.1 Å². The SMILES string of the molecule is Cc1nnsc1CN1CCCC(Br)C1=O. The lowest BCUT2D eigenvalue weighted by Crippen LogP contribution is -2.41. The lowest BCUT2D eigenvalue weighted by atomic mass is 10.1. The van der Waals surface area contributed by atoms with E-state index in [2.05, 4.69) is 25.5 Å². The van der Waals surface area contributed by atoms with Gasteiger partial charge >= 0.3 is 0 Å². The van der Waals surface area contributed by atoms with Crippen LogP contribution < -0.4 is 0 Å². The average molecular weight is 290 g/mol. The van der Waals surface area contributed by atoms with Crippen LogP contribution >= 0.6 is 27.5 Å². The van der Waals surface area contributed by atoms with Crippen LogP contribution in [0, 0.1) is 6.92 Å². The van der Waals surface area contributed by atoms with Crippen LogP contribution in [-0.2, 0) is 11.3 Å². The zero-order valence-electron chi connectivity index (χ0n) is 8.44. The summed E-state index contributed by atoms with van der Waals surface area (Å²) in [5.41, 5.74) is 0.935. The zero-order valence-corrected chi connectivity index (χ0v) is 10.8. The van der Waals surface area contributed by atoms with Crippen molar-refractivity contribution in [3.05, 3.63) is 10.6 Å². The van der Waals surface area contributed by atoms with Crippen LogP contribution in [0.3, 0.4) is 0 Å². The monoisotopic (exact) mass is 289 g/mol. The number of carbonyl (C=O) groups is 1. The molecule has 1 unspecified atom stereocenters. The van der Waals surface area contributed by atoms with Crippen molar-refractivity contribution in [2.45, 2.75) is 31.1 Å². The second-order valence-electron chi connectivity index (χ2n) is 3.65. The normalized spacial score (nSPS) is 22.1. The van der Waals surface area contributed by atoms with Gasteiger partial charge in [0.15, 0.2) is 0 Å². The van der Waals surface area contributed by atoms with Crippen LogP contribution in [-0.4, -0.2) is 31.8 Å². The molecule has 1 aromatic rings. The van der Waals surface area contributed by atoms with Crippen molar-refractivity contribution >= 4 is 33.4 Å². The van der Waals surface area contributed by atoms with Crippen molar-refractivity contribution in [1.82, 2.24) is 14.5 Å². The summed E-state index contributed by atoms with van der Waals surface area (Å²) in [4.78, 5) is 14.8. The third-order valence-corrected chi connectivity index (χ3v) is 4.20. The molecule has 1 aromatic heterocycles. The first-order chi connectivity index (χ1) is 7.18. The van der Waals surface area contributed by atoms with Crippen LogP contribution in [0.5, 0.6) is 0 Å². The molecule has 0 spiro atoms. The first-order valence-corrected chi connectivity index (χ1v) is 6.58. The maximum Gasteiger partial charge on any atom is 0.236 e. The first-order valence-electron chi connectivity index (χ1n) is 4.89. The Morgan fingerprint density at radius 1 is 1.67 bits per heavy atom. The van der Waals surface area contributed by atoms with E-state index < -0.39 is 0 Å². The highest BCUT2D eigenvalue weighted by Crippen LogP contribution is 2.21. The number of hydrogen-bond donors (Lipinski definition) is 0. The average Bonchev–Trinajstić information content (AvgIpc) is 2.60. The van der Waals surface area contributed by atoms with E-state index in [1.165, 1.54) is 11.5 Å². The Balaban J connectivity index is 2.05. The lowest BCUT2D eigenvalue weighted by Gasteiger charge is -2.29. The van der Waals surface area contributed by atoms with Gasteiger partial charge in [-0.25, -0.2) is 0 Å². The molecule has 0 aromatic carbocycles. The summed E-state index contributed by atoms with van der Waals surface area (Å²) in [5.74, 6) is 0.189. The molecule has 2 heterocycles. The van der Waals surface area contributed by atoms with Crippen LogP contribution in [0.4, 0.5) is 0 Å². The predicted octanol–water partition coefficient (Wildman–Crippen LogP) is 1.73. The first kappa shape index (κ1) is 11.0. The molecule has 1 aliphatic rings. The lowest BCUT2D eigenvalue weighted by molar-refractivity contribution is -0.132. The largest absolute Gasteiger partial charge is 0.336 e. The van der Waals surface area contributed by atoms with Gasteiger partial charge in [0, 0.05) is 6.54 Å². The van der Waals surface area contributed by atoms with E-state index in [0.717, 1.165) is 30.0 Å². The van der Waals surface area contributed by atoms with Crippen molar-refractivity contribution in [3.8, 4) is 0 Å². The molecule has 0 radical (unpaired) electrons. The van der Waals surface area contributed by atoms with Gasteiger partial charge in [0.1, 0.15) is 0 Å². The number of rotatable bonds is 2. The standard InChI is InChI=1S/C9H12BrN3OS/c1-6-8(15-12-11-6)5-13-4-2-3-7(10)9(13)14/h7H,2-5H2,1H3. The van der Waals surface area contributed by atoms with Crippen molar-refractivity contribution in [2.75, 3.05) is 6.54 Å². The molecule has 1 atom stereocenters. The predicted molar refractivity (Wildman–Crippen MR) is 62.0 cm³/mol. The fraction of sp³-hybridized carbons (Fsp3) is 0.667. The second-order valence-corrected chi connectivity index (χ2v) is 5.60. The molecule has 1 saturated heterocycles. The fourth-order valence-electron chi connectivity index (χ4n) is 1.62. The Morgan fingerprint density at radius 3 is 3.13 bits per heavy atom. The van der Waals surface area contributed by atoms with E-state index in [-0.39, 0.29) is 10.7 Å². The molecule has 6 heteroatoms. The van der Waals surface area contributed by atoms with Gasteiger partial charge in [0.05, 0.1) is 21.9 Å². The quantitative estimate of drug-likeness (QED) is 0.779. The molecule has 82 valence electrons. The van der Waals surface area contributed by atoms with Gasteiger partial charge in [-0.3, -0.25) is 4.79 Å². The third-order valence-electron chi connectivity index (χ3n) is 2.55. The van der Waals surface area contributed by atoms with Gasteiger partial charge < -0.3 is 4.90 Å². The number of amides is 1. The highest BCUT2D eigenvalue weighted by molar-refractivity contribution is 9.10. The van der Waals surface area contributed by atoms with Crippen molar-refractivity contribution in [3.63, 3.8) is 0 Å². The Hall–Kier alpha value is -0.490. The summed E-state index contributed by atoms with van der Waals surface area (Å²) < 4.78 is 3.87. The van der Waals surface area contributed by atoms with Crippen molar-refractivity contribution in [1.29, 1.82) is 0 Å². The van der Waals surface area contributed by atoms with E-state index >= 15 is 0 Å². The number of hydrogen-bond acceptors (Lipinski definition) is 4. The molecule has 1 aliphatic heterocycles. The van der Waals surface area contributed by atoms with Crippen LogP contribution in [0.2, 0.25) is 0 Å². The number of aryl methyl sites for hydroxylation is 1. The fourth-order valence-corrected chi connectivity index (χ4v) is 2.88. The Morgan fingerprint density at radius 2 is 2.47 bits per heavy atom. The number of carbonyl (C=O) groups excluding carboxylic acids is 1. The minimum atomic E-state index is -0.00700. The summed E-state index contributed by atoms with van der Waals surface area (Å²) in [6.45, 7) is 3.43. The van der Waals surface area contributed by atoms with E-state index in [0.29, 0.717) is 6.54 Å². The number of halogens is 1. The van der Waals surface area contributed by atoms with Crippen LogP contribution in [0.1, 0.15) is 23.4 Å². The summed E-state index contributed by atoms with van der Waals surface area (Å²) >= 11 is 4.77. The summed E-state index contributed by atoms with van der Waals surface area (Å²) in [6, 6.07) is 0. The summed E-state index contributed by atoms with van der Waals surface area (Å²) in [7, 11) is 0. The zero-order chi connectivity index (χ0) is 10.8. The van der Waals surface area contributed by atoms with Crippen LogP contribution in [0.15, 0.2) is 0 Å². The number of nitrogens with zero attached hydrogens (tertiary/aromatic N) is 3. The van der Waals surface area contributed by atoms with Gasteiger partial charge in [0.25, 0.3) is 0 Å². The van der Waals surface area contributed by atoms with Crippen molar-refractivity contribution < 1.29 is 4.79 Å². The van der Waals surface area contributed by atoms with Gasteiger partial charge in [-0.2, -0.15) is 0 Å². The Bertz CT molecular complexity index is 368. The molecular weight excluding hydrogens is 278 g/mol. The number of aromatic nitrogens is 2. The van der Waals surface area contributed by atoms with E-state index in [1.54, 1.807) is 0 Å². The molecule has 2 rings (SSSR count). The summed E-state index contributed by atoms with van der Waals surface area (Å²) in [6.07, 6.45) is 2.00. The molecule has 1 fully saturated rings. The van der Waals surface area contributed by atoms with E-state index in [4.69, 9.17) is 0 Å². The number of alkyl halides is 1. The molecule has 0 N–H and O–H groups in total. The molecular formula is C9H12BrN3OS. The van der Waals surface area contributed by atoms with Gasteiger partial charge in [-0.15, -0.1) is 5.10 Å². The van der Waals surface area contributed by atoms with Gasteiger partial charge in [-0.05, 0) is 31.3 Å². The molecule has 0 bridgehead atoms. The Kier molecular flexibility index (Phi) is 3.35. The molecule has 15 heavy (non-hydrogen) atoms. The highest BCUT2D eigenvalue weighted by Gasteiger charge is 2.27. The molecule has 4 nitrogen and oxygen atoms in total. The summed E-state index contributed by atoms with van der Waals surface area (Å²) in [5, 5.41) is 3.95. The number of piperidine rings is 1. The highest BCUT2D eigenvalue weighted by atomic mass is 79.9. The molecule has 0 saturated carbocycles.